The van der Waals surface area contributed by atoms with E-state index in [1.54, 1.807) is 12.1 Å². The SMILES string of the molecule is CC1=CN(c2ccc(F)c(Cl)c2)CO1. The summed E-state index contributed by atoms with van der Waals surface area (Å²) in [6.45, 7) is 2.32. The van der Waals surface area contributed by atoms with Crippen LogP contribution >= 0.6 is 11.6 Å². The van der Waals surface area contributed by atoms with Gasteiger partial charge in [-0.3, -0.25) is 0 Å². The minimum Gasteiger partial charge on any atom is -0.476 e. The molecule has 0 radical (unpaired) electrons. The van der Waals surface area contributed by atoms with Crippen molar-refractivity contribution in [1.29, 1.82) is 0 Å². The zero-order chi connectivity index (χ0) is 10.1. The van der Waals surface area contributed by atoms with Crippen molar-refractivity contribution in [1.82, 2.24) is 0 Å². The van der Waals surface area contributed by atoms with Crippen molar-refractivity contribution in [3.8, 4) is 0 Å². The molecule has 4 heteroatoms. The van der Waals surface area contributed by atoms with E-state index < -0.39 is 5.82 Å². The van der Waals surface area contributed by atoms with Crippen LogP contribution in [0.4, 0.5) is 10.1 Å². The van der Waals surface area contributed by atoms with Crippen LogP contribution in [0.1, 0.15) is 6.92 Å². The number of nitrogens with zero attached hydrogens (tertiary/aromatic N) is 1. The Morgan fingerprint density at radius 2 is 2.29 bits per heavy atom. The maximum Gasteiger partial charge on any atom is 0.164 e. The lowest BCUT2D eigenvalue weighted by molar-refractivity contribution is 0.247. The van der Waals surface area contributed by atoms with Gasteiger partial charge in [-0.2, -0.15) is 0 Å². The van der Waals surface area contributed by atoms with Crippen molar-refractivity contribution in [3.05, 3.63) is 41.0 Å². The molecule has 0 aromatic heterocycles. The molecule has 1 aliphatic heterocycles. The van der Waals surface area contributed by atoms with E-state index in [0.29, 0.717) is 6.73 Å². The fourth-order valence-corrected chi connectivity index (χ4v) is 1.45. The monoisotopic (exact) mass is 213 g/mol. The zero-order valence-corrected chi connectivity index (χ0v) is 8.38. The van der Waals surface area contributed by atoms with E-state index in [1.165, 1.54) is 6.07 Å². The lowest BCUT2D eigenvalue weighted by Gasteiger charge is -2.13. The summed E-state index contributed by atoms with van der Waals surface area (Å²) in [4.78, 5) is 1.86. The third-order valence-corrected chi connectivity index (χ3v) is 2.29. The number of anilines is 1. The van der Waals surface area contributed by atoms with Crippen molar-refractivity contribution < 1.29 is 9.13 Å². The quantitative estimate of drug-likeness (QED) is 0.711. The number of rotatable bonds is 1. The van der Waals surface area contributed by atoms with Crippen LogP contribution in [0.5, 0.6) is 0 Å². The Bertz CT molecular complexity index is 392. The molecule has 1 aromatic rings. The summed E-state index contributed by atoms with van der Waals surface area (Å²) in [7, 11) is 0. The average Bonchev–Trinajstić information content (AvgIpc) is 2.57. The van der Waals surface area contributed by atoms with E-state index in [2.05, 4.69) is 0 Å². The molecule has 0 saturated carbocycles. The maximum atomic E-state index is 12.9. The van der Waals surface area contributed by atoms with E-state index in [1.807, 2.05) is 18.0 Å². The van der Waals surface area contributed by atoms with Gasteiger partial charge in [-0.25, -0.2) is 4.39 Å². The Kier molecular flexibility index (Phi) is 2.33. The Labute approximate surface area is 86.5 Å². The van der Waals surface area contributed by atoms with E-state index in [9.17, 15) is 4.39 Å². The predicted molar refractivity (Wildman–Crippen MR) is 53.6 cm³/mol. The Hall–Kier alpha value is -1.22. The molecule has 0 bridgehead atoms. The Morgan fingerprint density at radius 1 is 1.50 bits per heavy atom. The summed E-state index contributed by atoms with van der Waals surface area (Å²) < 4.78 is 18.1. The van der Waals surface area contributed by atoms with Gasteiger partial charge >= 0.3 is 0 Å². The van der Waals surface area contributed by atoms with E-state index in [0.717, 1.165) is 11.4 Å². The number of hydrogen-bond acceptors (Lipinski definition) is 2. The fraction of sp³-hybridized carbons (Fsp3) is 0.200. The first-order valence-corrected chi connectivity index (χ1v) is 4.57. The van der Waals surface area contributed by atoms with Gasteiger partial charge in [0.15, 0.2) is 6.73 Å². The van der Waals surface area contributed by atoms with Gasteiger partial charge in [0.05, 0.1) is 5.02 Å². The van der Waals surface area contributed by atoms with Crippen molar-refractivity contribution in [2.75, 3.05) is 11.6 Å². The first-order chi connectivity index (χ1) is 6.66. The number of allylic oxidation sites excluding steroid dienone is 1. The van der Waals surface area contributed by atoms with Crippen LogP contribution in [0, 0.1) is 5.82 Å². The van der Waals surface area contributed by atoms with Gasteiger partial charge in [0.25, 0.3) is 0 Å². The van der Waals surface area contributed by atoms with Gasteiger partial charge in [0, 0.05) is 11.9 Å². The summed E-state index contributed by atoms with van der Waals surface area (Å²) in [6.07, 6.45) is 1.85. The molecule has 74 valence electrons. The molecular weight excluding hydrogens is 205 g/mol. The summed E-state index contributed by atoms with van der Waals surface area (Å²) in [5, 5.41) is 0.125. The molecule has 1 heterocycles. The lowest BCUT2D eigenvalue weighted by Crippen LogP contribution is -2.12. The second-order valence-electron chi connectivity index (χ2n) is 3.08. The second-order valence-corrected chi connectivity index (χ2v) is 3.49. The highest BCUT2D eigenvalue weighted by atomic mass is 35.5. The Morgan fingerprint density at radius 3 is 2.86 bits per heavy atom. The lowest BCUT2D eigenvalue weighted by atomic mass is 10.3. The van der Waals surface area contributed by atoms with E-state index in [4.69, 9.17) is 16.3 Å². The van der Waals surface area contributed by atoms with Gasteiger partial charge in [0.2, 0.25) is 0 Å². The molecule has 1 aromatic carbocycles. The minimum absolute atomic E-state index is 0.125. The number of ether oxygens (including phenoxy) is 1. The van der Waals surface area contributed by atoms with Crippen molar-refractivity contribution in [3.63, 3.8) is 0 Å². The van der Waals surface area contributed by atoms with Crippen LogP contribution in [0.25, 0.3) is 0 Å². The van der Waals surface area contributed by atoms with Gasteiger partial charge in [-0.15, -0.1) is 0 Å². The first-order valence-electron chi connectivity index (χ1n) is 4.20. The van der Waals surface area contributed by atoms with Crippen LogP contribution in [-0.4, -0.2) is 6.73 Å². The summed E-state index contributed by atoms with van der Waals surface area (Å²) in [6, 6.07) is 4.59. The molecule has 0 atom stereocenters. The molecule has 14 heavy (non-hydrogen) atoms. The zero-order valence-electron chi connectivity index (χ0n) is 7.63. The standard InChI is InChI=1S/C10H9ClFNO/c1-7-5-13(6-14-7)8-2-3-10(12)9(11)4-8/h2-5H,6H2,1H3. The van der Waals surface area contributed by atoms with Crippen LogP contribution in [-0.2, 0) is 4.74 Å². The van der Waals surface area contributed by atoms with Crippen LogP contribution in [0.15, 0.2) is 30.2 Å². The van der Waals surface area contributed by atoms with Crippen molar-refractivity contribution in [2.45, 2.75) is 6.92 Å². The van der Waals surface area contributed by atoms with Gasteiger partial charge < -0.3 is 9.64 Å². The summed E-state index contributed by atoms with van der Waals surface area (Å²) in [5.74, 6) is 0.432. The molecule has 0 saturated heterocycles. The molecule has 0 amide bonds. The summed E-state index contributed by atoms with van der Waals surface area (Å²) in [5.41, 5.74) is 0.827. The van der Waals surface area contributed by atoms with Crippen molar-refractivity contribution >= 4 is 17.3 Å². The fourth-order valence-electron chi connectivity index (χ4n) is 1.28. The summed E-state index contributed by atoms with van der Waals surface area (Å²) >= 11 is 5.67. The van der Waals surface area contributed by atoms with E-state index >= 15 is 0 Å². The number of halogens is 2. The van der Waals surface area contributed by atoms with Gasteiger partial charge in [-0.1, -0.05) is 11.6 Å². The highest BCUT2D eigenvalue weighted by Gasteiger charge is 2.12. The van der Waals surface area contributed by atoms with Gasteiger partial charge in [-0.05, 0) is 25.1 Å². The molecule has 1 aliphatic rings. The normalized spacial score (nSPS) is 15.4. The van der Waals surface area contributed by atoms with E-state index in [-0.39, 0.29) is 5.02 Å². The third kappa shape index (κ3) is 1.68. The predicted octanol–water partition coefficient (Wildman–Crippen LogP) is 3.13. The number of hydrogen-bond donors (Lipinski definition) is 0. The first kappa shape index (κ1) is 9.34. The maximum absolute atomic E-state index is 12.9. The van der Waals surface area contributed by atoms with Crippen molar-refractivity contribution in [2.24, 2.45) is 0 Å². The van der Waals surface area contributed by atoms with Crippen LogP contribution in [0.2, 0.25) is 5.02 Å². The molecule has 2 rings (SSSR count). The Balaban J connectivity index is 2.29. The second kappa shape index (κ2) is 3.50. The highest BCUT2D eigenvalue weighted by Crippen LogP contribution is 2.25. The highest BCUT2D eigenvalue weighted by molar-refractivity contribution is 6.31. The largest absolute Gasteiger partial charge is 0.476 e. The average molecular weight is 214 g/mol. The molecule has 0 aliphatic carbocycles. The molecule has 0 N–H and O–H groups in total. The molecule has 0 unspecified atom stereocenters. The molecule has 2 nitrogen and oxygen atoms in total. The molecule has 0 spiro atoms. The van der Waals surface area contributed by atoms with Crippen LogP contribution < -0.4 is 4.90 Å². The molecule has 0 fully saturated rings. The minimum atomic E-state index is -0.406. The molecular formula is C10H9ClFNO. The van der Waals surface area contributed by atoms with Gasteiger partial charge in [0.1, 0.15) is 11.6 Å². The number of benzene rings is 1. The smallest absolute Gasteiger partial charge is 0.164 e. The van der Waals surface area contributed by atoms with Crippen LogP contribution in [0.3, 0.4) is 0 Å². The topological polar surface area (TPSA) is 12.5 Å². The third-order valence-electron chi connectivity index (χ3n) is 2.00.